The predicted octanol–water partition coefficient (Wildman–Crippen LogP) is 3.99. The quantitative estimate of drug-likeness (QED) is 0.669. The number of nitrogens with zero attached hydrogens (tertiary/aromatic N) is 1. The fraction of sp³-hybridized carbons (Fsp3) is 0.300. The van der Waals surface area contributed by atoms with Crippen LogP contribution >= 0.6 is 11.8 Å². The van der Waals surface area contributed by atoms with Crippen LogP contribution in [0.3, 0.4) is 0 Å². The summed E-state index contributed by atoms with van der Waals surface area (Å²) in [6.45, 7) is 6.39. The van der Waals surface area contributed by atoms with Gasteiger partial charge in [-0.05, 0) is 35.2 Å². The minimum absolute atomic E-state index is 0.0286. The number of carbonyl (C=O) groups excluding carboxylic acids is 2. The maximum absolute atomic E-state index is 12.8. The summed E-state index contributed by atoms with van der Waals surface area (Å²) in [5, 5.41) is -0.431. The van der Waals surface area contributed by atoms with Crippen LogP contribution in [0.15, 0.2) is 53.4 Å². The average Bonchev–Trinajstić information content (AvgIpc) is 2.83. The predicted molar refractivity (Wildman–Crippen MR) is 103 cm³/mol. The van der Waals surface area contributed by atoms with Crippen molar-refractivity contribution in [3.05, 3.63) is 54.1 Å². The molecule has 2 aromatic rings. The Morgan fingerprint density at radius 1 is 1.04 bits per heavy atom. The van der Waals surface area contributed by atoms with Gasteiger partial charge in [-0.1, -0.05) is 45.0 Å². The molecular formula is C20H22N2O2S. The molecule has 1 fully saturated rings. The van der Waals surface area contributed by atoms with Crippen molar-refractivity contribution in [3.63, 3.8) is 0 Å². The van der Waals surface area contributed by atoms with Crippen molar-refractivity contribution in [3.8, 4) is 0 Å². The highest BCUT2D eigenvalue weighted by atomic mass is 32.2. The van der Waals surface area contributed by atoms with E-state index < -0.39 is 5.25 Å². The van der Waals surface area contributed by atoms with Crippen LogP contribution in [0.25, 0.3) is 0 Å². The maximum Gasteiger partial charge on any atom is 0.247 e. The molecule has 2 N–H and O–H groups in total. The van der Waals surface area contributed by atoms with Crippen LogP contribution in [0.4, 0.5) is 11.4 Å². The van der Waals surface area contributed by atoms with Crippen LogP contribution in [-0.4, -0.2) is 17.1 Å². The molecule has 4 nitrogen and oxygen atoms in total. The molecule has 5 heteroatoms. The summed E-state index contributed by atoms with van der Waals surface area (Å²) in [5.41, 5.74) is 8.40. The smallest absolute Gasteiger partial charge is 0.247 e. The second kappa shape index (κ2) is 6.56. The zero-order valence-electron chi connectivity index (χ0n) is 14.7. The standard InChI is InChI=1S/C20H22N2O2S/c1-20(2,3)13-8-10-14(11-9-13)22-18(23)12-17(19(22)24)25-16-7-5-4-6-15(16)21/h4-11,17H,12,21H2,1-3H3. The molecule has 25 heavy (non-hydrogen) atoms. The van der Waals surface area contributed by atoms with Gasteiger partial charge in [-0.25, -0.2) is 4.90 Å². The molecule has 0 radical (unpaired) electrons. The monoisotopic (exact) mass is 354 g/mol. The fourth-order valence-electron chi connectivity index (χ4n) is 2.82. The molecule has 0 saturated carbocycles. The van der Waals surface area contributed by atoms with Gasteiger partial charge in [0, 0.05) is 17.0 Å². The summed E-state index contributed by atoms with van der Waals surface area (Å²) in [6.07, 6.45) is 0.193. The molecule has 3 rings (SSSR count). The number of hydrogen-bond donors (Lipinski definition) is 1. The van der Waals surface area contributed by atoms with E-state index in [2.05, 4.69) is 20.8 Å². The first kappa shape index (κ1) is 17.5. The van der Waals surface area contributed by atoms with Gasteiger partial charge in [0.05, 0.1) is 10.9 Å². The summed E-state index contributed by atoms with van der Waals surface area (Å²) < 4.78 is 0. The van der Waals surface area contributed by atoms with E-state index in [0.29, 0.717) is 11.4 Å². The van der Waals surface area contributed by atoms with E-state index >= 15 is 0 Å². The van der Waals surface area contributed by atoms with Crippen molar-refractivity contribution in [2.45, 2.75) is 42.8 Å². The number of rotatable bonds is 3. The number of nitrogens with two attached hydrogens (primary N) is 1. The van der Waals surface area contributed by atoms with E-state index in [-0.39, 0.29) is 23.7 Å². The number of amides is 2. The fourth-order valence-corrected chi connectivity index (χ4v) is 3.92. The third kappa shape index (κ3) is 3.56. The summed E-state index contributed by atoms with van der Waals surface area (Å²) in [6, 6.07) is 15.1. The third-order valence-electron chi connectivity index (χ3n) is 4.29. The van der Waals surface area contributed by atoms with E-state index in [4.69, 9.17) is 5.73 Å². The topological polar surface area (TPSA) is 63.4 Å². The van der Waals surface area contributed by atoms with Crippen LogP contribution in [0.5, 0.6) is 0 Å². The third-order valence-corrected chi connectivity index (χ3v) is 5.56. The van der Waals surface area contributed by atoms with E-state index in [1.165, 1.54) is 22.2 Å². The van der Waals surface area contributed by atoms with Gasteiger partial charge in [-0.2, -0.15) is 0 Å². The van der Waals surface area contributed by atoms with E-state index in [9.17, 15) is 9.59 Å². The molecule has 1 saturated heterocycles. The van der Waals surface area contributed by atoms with Gasteiger partial charge in [0.15, 0.2) is 0 Å². The zero-order valence-corrected chi connectivity index (χ0v) is 15.5. The van der Waals surface area contributed by atoms with Crippen molar-refractivity contribution < 1.29 is 9.59 Å². The SMILES string of the molecule is CC(C)(C)c1ccc(N2C(=O)CC(Sc3ccccc3N)C2=O)cc1. The van der Waals surface area contributed by atoms with Crippen LogP contribution in [0, 0.1) is 0 Å². The summed E-state index contributed by atoms with van der Waals surface area (Å²) in [5.74, 6) is -0.345. The lowest BCUT2D eigenvalue weighted by Gasteiger charge is -2.21. The van der Waals surface area contributed by atoms with E-state index in [1.54, 1.807) is 6.07 Å². The van der Waals surface area contributed by atoms with Gasteiger partial charge < -0.3 is 5.73 Å². The molecule has 2 amide bonds. The Morgan fingerprint density at radius 2 is 1.68 bits per heavy atom. The maximum atomic E-state index is 12.8. The lowest BCUT2D eigenvalue weighted by Crippen LogP contribution is -2.31. The molecule has 0 spiro atoms. The van der Waals surface area contributed by atoms with Crippen molar-refractivity contribution in [2.75, 3.05) is 10.6 Å². The first-order valence-corrected chi connectivity index (χ1v) is 9.14. The molecule has 1 aliphatic rings. The van der Waals surface area contributed by atoms with Crippen LogP contribution in [0.2, 0.25) is 0 Å². The van der Waals surface area contributed by atoms with Crippen LogP contribution in [0.1, 0.15) is 32.8 Å². The first-order valence-electron chi connectivity index (χ1n) is 8.26. The number of hydrogen-bond acceptors (Lipinski definition) is 4. The number of nitrogen functional groups attached to an aromatic ring is 1. The molecule has 1 unspecified atom stereocenters. The second-order valence-electron chi connectivity index (χ2n) is 7.21. The first-order chi connectivity index (χ1) is 11.8. The normalized spacial score (nSPS) is 18.0. The Bertz CT molecular complexity index is 809. The minimum atomic E-state index is -0.431. The molecular weight excluding hydrogens is 332 g/mol. The Labute approximate surface area is 152 Å². The molecule has 1 aliphatic heterocycles. The Hall–Kier alpha value is -2.27. The van der Waals surface area contributed by atoms with E-state index in [0.717, 1.165) is 4.90 Å². The molecule has 0 aromatic heterocycles. The lowest BCUT2D eigenvalue weighted by molar-refractivity contribution is -0.121. The zero-order chi connectivity index (χ0) is 18.2. The van der Waals surface area contributed by atoms with Gasteiger partial charge in [0.25, 0.3) is 0 Å². The number of thioether (sulfide) groups is 1. The molecule has 130 valence electrons. The number of imide groups is 1. The highest BCUT2D eigenvalue weighted by molar-refractivity contribution is 8.00. The van der Waals surface area contributed by atoms with Crippen molar-refractivity contribution >= 4 is 35.0 Å². The second-order valence-corrected chi connectivity index (χ2v) is 8.46. The van der Waals surface area contributed by atoms with Crippen LogP contribution < -0.4 is 10.6 Å². The van der Waals surface area contributed by atoms with Gasteiger partial charge >= 0.3 is 0 Å². The largest absolute Gasteiger partial charge is 0.398 e. The Balaban J connectivity index is 1.81. The van der Waals surface area contributed by atoms with Gasteiger partial charge in [0.1, 0.15) is 0 Å². The van der Waals surface area contributed by atoms with Gasteiger partial charge in [-0.3, -0.25) is 9.59 Å². The number of para-hydroxylation sites is 1. The van der Waals surface area contributed by atoms with Gasteiger partial charge in [-0.15, -0.1) is 11.8 Å². The van der Waals surface area contributed by atoms with Gasteiger partial charge in [0.2, 0.25) is 11.8 Å². The molecule has 0 bridgehead atoms. The number of anilines is 2. The summed E-state index contributed by atoms with van der Waals surface area (Å²) in [7, 11) is 0. The van der Waals surface area contributed by atoms with Crippen molar-refractivity contribution in [2.24, 2.45) is 0 Å². The van der Waals surface area contributed by atoms with Crippen LogP contribution in [-0.2, 0) is 15.0 Å². The van der Waals surface area contributed by atoms with Crippen molar-refractivity contribution in [1.82, 2.24) is 0 Å². The number of carbonyl (C=O) groups is 2. The molecule has 2 aromatic carbocycles. The highest BCUT2D eigenvalue weighted by Gasteiger charge is 2.40. The summed E-state index contributed by atoms with van der Waals surface area (Å²) in [4.78, 5) is 27.3. The Kier molecular flexibility index (Phi) is 4.60. The lowest BCUT2D eigenvalue weighted by atomic mass is 9.87. The number of benzene rings is 2. The van der Waals surface area contributed by atoms with E-state index in [1.807, 2.05) is 42.5 Å². The summed E-state index contributed by atoms with van der Waals surface area (Å²) >= 11 is 1.36. The minimum Gasteiger partial charge on any atom is -0.398 e. The highest BCUT2D eigenvalue weighted by Crippen LogP contribution is 2.36. The van der Waals surface area contributed by atoms with Crippen molar-refractivity contribution in [1.29, 1.82) is 0 Å². The Morgan fingerprint density at radius 3 is 2.28 bits per heavy atom. The molecule has 1 atom stereocenters. The average molecular weight is 354 g/mol. The molecule has 0 aliphatic carbocycles. The molecule has 1 heterocycles.